The lowest BCUT2D eigenvalue weighted by Gasteiger charge is -2.41. The smallest absolute Gasteiger partial charge is 0.191 e. The minimum Gasteiger partial charge on any atom is -0.493 e. The molecular weight excluding hydrogens is 340 g/mol. The second-order valence-corrected chi connectivity index (χ2v) is 7.56. The zero-order valence-corrected chi connectivity index (χ0v) is 17.6. The molecule has 6 nitrogen and oxygen atoms in total. The molecule has 0 bridgehead atoms. The highest BCUT2D eigenvalue weighted by Gasteiger charge is 2.27. The van der Waals surface area contributed by atoms with Gasteiger partial charge in [0, 0.05) is 25.7 Å². The van der Waals surface area contributed by atoms with E-state index in [1.54, 1.807) is 7.11 Å². The Morgan fingerprint density at radius 3 is 2.52 bits per heavy atom. The lowest BCUT2D eigenvalue weighted by molar-refractivity contribution is 0.0982. The van der Waals surface area contributed by atoms with Crippen molar-refractivity contribution < 1.29 is 9.47 Å². The number of nitrogens with zero attached hydrogens (tertiary/aromatic N) is 2. The Hall–Kier alpha value is -1.95. The topological polar surface area (TPSA) is 58.1 Å². The molecule has 1 heterocycles. The van der Waals surface area contributed by atoms with Crippen LogP contribution in [0, 0.1) is 0 Å². The van der Waals surface area contributed by atoms with Crippen molar-refractivity contribution in [1.82, 2.24) is 15.5 Å². The van der Waals surface area contributed by atoms with E-state index in [2.05, 4.69) is 34.4 Å². The number of guanidine groups is 1. The van der Waals surface area contributed by atoms with Crippen LogP contribution in [-0.2, 0) is 6.54 Å². The Morgan fingerprint density at radius 2 is 1.89 bits per heavy atom. The average Bonchev–Trinajstić information content (AvgIpc) is 2.69. The number of ether oxygens (including phenoxy) is 2. The maximum Gasteiger partial charge on any atom is 0.191 e. The number of likely N-dealkylation sites (tertiary alicyclic amines) is 1. The minimum atomic E-state index is 0.111. The lowest BCUT2D eigenvalue weighted by atomic mass is 9.98. The van der Waals surface area contributed by atoms with Crippen LogP contribution in [0.5, 0.6) is 11.5 Å². The molecule has 152 valence electrons. The van der Waals surface area contributed by atoms with Gasteiger partial charge in [0.2, 0.25) is 0 Å². The van der Waals surface area contributed by atoms with Crippen molar-refractivity contribution in [2.24, 2.45) is 4.99 Å². The van der Waals surface area contributed by atoms with Gasteiger partial charge in [-0.3, -0.25) is 9.89 Å². The summed E-state index contributed by atoms with van der Waals surface area (Å²) in [5.74, 6) is 2.34. The molecule has 0 unspecified atom stereocenters. The molecular formula is C21H36N4O2. The third kappa shape index (κ3) is 6.31. The molecule has 0 saturated carbocycles. The largest absolute Gasteiger partial charge is 0.493 e. The van der Waals surface area contributed by atoms with Gasteiger partial charge in [0.15, 0.2) is 17.5 Å². The SMILES string of the molecule is CCOc1cc(CNC(=NC)NCC(C)(C)N2CCCCC2)ccc1OC. The highest BCUT2D eigenvalue weighted by atomic mass is 16.5. The lowest BCUT2D eigenvalue weighted by Crippen LogP contribution is -2.54. The fraction of sp³-hybridized carbons (Fsp3) is 0.667. The predicted octanol–water partition coefficient (Wildman–Crippen LogP) is 3.02. The normalized spacial score (nSPS) is 16.1. The summed E-state index contributed by atoms with van der Waals surface area (Å²) < 4.78 is 11.0. The highest BCUT2D eigenvalue weighted by molar-refractivity contribution is 5.79. The molecule has 1 aromatic carbocycles. The molecule has 27 heavy (non-hydrogen) atoms. The maximum atomic E-state index is 5.66. The highest BCUT2D eigenvalue weighted by Crippen LogP contribution is 2.28. The summed E-state index contributed by atoms with van der Waals surface area (Å²) in [6.07, 6.45) is 3.96. The molecule has 1 fully saturated rings. The number of aliphatic imine (C=N–C) groups is 1. The van der Waals surface area contributed by atoms with Crippen LogP contribution < -0.4 is 20.1 Å². The Balaban J connectivity index is 1.89. The summed E-state index contributed by atoms with van der Waals surface area (Å²) in [7, 11) is 3.47. The maximum absolute atomic E-state index is 5.66. The van der Waals surface area contributed by atoms with Gasteiger partial charge in [-0.2, -0.15) is 0 Å². The van der Waals surface area contributed by atoms with E-state index in [9.17, 15) is 0 Å². The summed E-state index contributed by atoms with van der Waals surface area (Å²) in [5.41, 5.74) is 1.23. The zero-order chi connectivity index (χ0) is 19.7. The molecule has 0 atom stereocenters. The van der Waals surface area contributed by atoms with Gasteiger partial charge in [-0.05, 0) is 64.4 Å². The number of hydrogen-bond acceptors (Lipinski definition) is 4. The first-order chi connectivity index (χ1) is 13.0. The summed E-state index contributed by atoms with van der Waals surface area (Å²) in [5, 5.41) is 6.87. The summed E-state index contributed by atoms with van der Waals surface area (Å²) in [4.78, 5) is 6.94. The Labute approximate surface area is 164 Å². The molecule has 0 aliphatic carbocycles. The van der Waals surface area contributed by atoms with E-state index < -0.39 is 0 Å². The number of hydrogen-bond donors (Lipinski definition) is 2. The van der Waals surface area contributed by atoms with Gasteiger partial charge >= 0.3 is 0 Å². The molecule has 1 aromatic rings. The van der Waals surface area contributed by atoms with E-state index in [-0.39, 0.29) is 5.54 Å². The quantitative estimate of drug-likeness (QED) is 0.539. The summed E-state index contributed by atoms with van der Waals surface area (Å²) >= 11 is 0. The Morgan fingerprint density at radius 1 is 1.15 bits per heavy atom. The van der Waals surface area contributed by atoms with Gasteiger partial charge in [0.1, 0.15) is 0 Å². The van der Waals surface area contributed by atoms with Gasteiger partial charge in [0.05, 0.1) is 13.7 Å². The van der Waals surface area contributed by atoms with Gasteiger partial charge < -0.3 is 20.1 Å². The summed E-state index contributed by atoms with van der Waals surface area (Å²) in [6, 6.07) is 6.00. The zero-order valence-electron chi connectivity index (χ0n) is 17.6. The van der Waals surface area contributed by atoms with Crippen molar-refractivity contribution in [1.29, 1.82) is 0 Å². The fourth-order valence-electron chi connectivity index (χ4n) is 3.42. The number of benzene rings is 1. The first-order valence-corrected chi connectivity index (χ1v) is 9.99. The second kappa shape index (κ2) is 10.4. The van der Waals surface area contributed by atoms with Gasteiger partial charge in [-0.15, -0.1) is 0 Å². The molecule has 1 saturated heterocycles. The standard InChI is InChI=1S/C21H36N4O2/c1-6-27-19-14-17(10-11-18(19)26-5)15-23-20(22-4)24-16-21(2,3)25-12-8-7-9-13-25/h10-11,14H,6-9,12-13,15-16H2,1-5H3,(H2,22,23,24). The molecule has 6 heteroatoms. The van der Waals surface area contributed by atoms with E-state index in [1.807, 2.05) is 32.2 Å². The first kappa shape index (κ1) is 21.4. The van der Waals surface area contributed by atoms with E-state index >= 15 is 0 Å². The molecule has 0 radical (unpaired) electrons. The third-order valence-corrected chi connectivity index (χ3v) is 5.11. The van der Waals surface area contributed by atoms with E-state index in [4.69, 9.17) is 9.47 Å². The van der Waals surface area contributed by atoms with Crippen molar-refractivity contribution in [2.75, 3.05) is 40.4 Å². The fourth-order valence-corrected chi connectivity index (χ4v) is 3.42. The van der Waals surface area contributed by atoms with Crippen LogP contribution >= 0.6 is 0 Å². The monoisotopic (exact) mass is 376 g/mol. The second-order valence-electron chi connectivity index (χ2n) is 7.56. The van der Waals surface area contributed by atoms with Gasteiger partial charge in [-0.1, -0.05) is 12.5 Å². The van der Waals surface area contributed by atoms with E-state index in [0.29, 0.717) is 13.2 Å². The molecule has 2 rings (SSSR count). The number of methoxy groups -OCH3 is 1. The van der Waals surface area contributed by atoms with Crippen LogP contribution in [0.25, 0.3) is 0 Å². The Bertz CT molecular complexity index is 610. The Kier molecular flexibility index (Phi) is 8.23. The average molecular weight is 377 g/mol. The molecule has 0 spiro atoms. The van der Waals surface area contributed by atoms with Crippen LogP contribution in [0.1, 0.15) is 45.6 Å². The molecule has 1 aliphatic heterocycles. The van der Waals surface area contributed by atoms with Gasteiger partial charge in [0.25, 0.3) is 0 Å². The van der Waals surface area contributed by atoms with E-state index in [0.717, 1.165) is 29.6 Å². The van der Waals surface area contributed by atoms with Crippen molar-refractivity contribution >= 4 is 5.96 Å². The van der Waals surface area contributed by atoms with Crippen LogP contribution in [-0.4, -0.2) is 56.8 Å². The van der Waals surface area contributed by atoms with Crippen LogP contribution in [0.3, 0.4) is 0 Å². The third-order valence-electron chi connectivity index (χ3n) is 5.11. The molecule has 0 aromatic heterocycles. The van der Waals surface area contributed by atoms with Gasteiger partial charge in [-0.25, -0.2) is 0 Å². The molecule has 1 aliphatic rings. The van der Waals surface area contributed by atoms with Crippen LogP contribution in [0.4, 0.5) is 0 Å². The molecule has 0 amide bonds. The first-order valence-electron chi connectivity index (χ1n) is 9.99. The number of rotatable bonds is 8. The van der Waals surface area contributed by atoms with Crippen molar-refractivity contribution in [3.63, 3.8) is 0 Å². The number of piperidine rings is 1. The van der Waals surface area contributed by atoms with E-state index in [1.165, 1.54) is 32.4 Å². The van der Waals surface area contributed by atoms with Crippen LogP contribution in [0.15, 0.2) is 23.2 Å². The molecule has 2 N–H and O–H groups in total. The summed E-state index contributed by atoms with van der Waals surface area (Å²) in [6.45, 7) is 11.1. The van der Waals surface area contributed by atoms with Crippen molar-refractivity contribution in [3.05, 3.63) is 23.8 Å². The minimum absolute atomic E-state index is 0.111. The van der Waals surface area contributed by atoms with Crippen molar-refractivity contribution in [3.8, 4) is 11.5 Å². The number of nitrogens with one attached hydrogen (secondary N) is 2. The van der Waals surface area contributed by atoms with Crippen molar-refractivity contribution in [2.45, 2.75) is 52.1 Å². The predicted molar refractivity (Wildman–Crippen MR) is 112 cm³/mol. The van der Waals surface area contributed by atoms with Crippen LogP contribution in [0.2, 0.25) is 0 Å².